The van der Waals surface area contributed by atoms with Crippen LogP contribution in [0.3, 0.4) is 0 Å². The number of carbonyl (C=O) groups is 1. The van der Waals surface area contributed by atoms with Gasteiger partial charge in [0.1, 0.15) is 18.2 Å². The molecule has 1 amide bonds. The van der Waals surface area contributed by atoms with E-state index in [1.54, 1.807) is 42.5 Å². The predicted octanol–water partition coefficient (Wildman–Crippen LogP) is 5.04. The number of amides is 1. The zero-order chi connectivity index (χ0) is 23.8. The van der Waals surface area contributed by atoms with Gasteiger partial charge in [0.15, 0.2) is 11.5 Å². The molecule has 0 aliphatic carbocycles. The lowest BCUT2D eigenvalue weighted by atomic mass is 10.1. The Kier molecular flexibility index (Phi) is 7.39. The van der Waals surface area contributed by atoms with Crippen molar-refractivity contribution in [3.63, 3.8) is 0 Å². The first-order chi connectivity index (χ1) is 15.9. The molecule has 8 nitrogen and oxygen atoms in total. The van der Waals surface area contributed by atoms with Crippen molar-refractivity contribution in [3.05, 3.63) is 99.1 Å². The molecule has 0 bridgehead atoms. The summed E-state index contributed by atoms with van der Waals surface area (Å²) in [7, 11) is 1.48. The first kappa shape index (κ1) is 23.0. The van der Waals surface area contributed by atoms with E-state index < -0.39 is 10.8 Å². The van der Waals surface area contributed by atoms with Gasteiger partial charge in [-0.2, -0.15) is 5.26 Å². The number of nitro benzene ring substituents is 1. The van der Waals surface area contributed by atoms with Crippen molar-refractivity contribution >= 4 is 23.4 Å². The van der Waals surface area contributed by atoms with E-state index in [-0.39, 0.29) is 17.9 Å². The average molecular weight is 443 g/mol. The first-order valence-electron chi connectivity index (χ1n) is 9.94. The molecule has 0 saturated carbocycles. The lowest BCUT2D eigenvalue weighted by Gasteiger charge is -2.14. The lowest BCUT2D eigenvalue weighted by Crippen LogP contribution is -2.13. The second-order valence-electron chi connectivity index (χ2n) is 7.08. The van der Waals surface area contributed by atoms with Gasteiger partial charge in [0.05, 0.1) is 12.0 Å². The van der Waals surface area contributed by atoms with Gasteiger partial charge in [0.2, 0.25) is 0 Å². The largest absolute Gasteiger partial charge is 0.493 e. The average Bonchev–Trinajstić information content (AvgIpc) is 2.82. The minimum absolute atomic E-state index is 0.0158. The van der Waals surface area contributed by atoms with Crippen molar-refractivity contribution < 1.29 is 19.2 Å². The summed E-state index contributed by atoms with van der Waals surface area (Å²) < 4.78 is 11.3. The molecule has 0 aromatic heterocycles. The molecule has 3 aromatic rings. The Bertz CT molecular complexity index is 1230. The highest BCUT2D eigenvalue weighted by Gasteiger charge is 2.15. The Labute approximate surface area is 190 Å². The summed E-state index contributed by atoms with van der Waals surface area (Å²) in [5.74, 6) is 0.210. The highest BCUT2D eigenvalue weighted by Crippen LogP contribution is 2.33. The highest BCUT2D eigenvalue weighted by molar-refractivity contribution is 6.09. The Morgan fingerprint density at radius 2 is 1.82 bits per heavy atom. The van der Waals surface area contributed by atoms with E-state index in [1.165, 1.54) is 25.3 Å². The van der Waals surface area contributed by atoms with Gasteiger partial charge in [-0.15, -0.1) is 0 Å². The number of carbonyl (C=O) groups excluding carboxylic acids is 1. The van der Waals surface area contributed by atoms with Crippen LogP contribution >= 0.6 is 0 Å². The highest BCUT2D eigenvalue weighted by atomic mass is 16.6. The number of hydrogen-bond donors (Lipinski definition) is 1. The topological polar surface area (TPSA) is 114 Å². The molecule has 1 N–H and O–H groups in total. The molecule has 0 fully saturated rings. The maximum absolute atomic E-state index is 12.6. The normalized spacial score (nSPS) is 10.8. The van der Waals surface area contributed by atoms with Gasteiger partial charge >= 0.3 is 0 Å². The van der Waals surface area contributed by atoms with E-state index in [2.05, 4.69) is 5.32 Å². The van der Waals surface area contributed by atoms with Gasteiger partial charge in [0, 0.05) is 23.4 Å². The molecule has 3 aromatic carbocycles. The second kappa shape index (κ2) is 10.6. The fourth-order valence-electron chi connectivity index (χ4n) is 2.97. The number of non-ortho nitro benzene ring substituents is 1. The number of anilines is 1. The molecule has 0 saturated heterocycles. The van der Waals surface area contributed by atoms with Crippen LogP contribution in [0.1, 0.15) is 16.7 Å². The van der Waals surface area contributed by atoms with Crippen LogP contribution < -0.4 is 14.8 Å². The molecule has 0 aliphatic rings. The zero-order valence-electron chi connectivity index (χ0n) is 18.1. The molecule has 0 aliphatic heterocycles. The van der Waals surface area contributed by atoms with Crippen LogP contribution in [0.5, 0.6) is 11.5 Å². The van der Waals surface area contributed by atoms with Crippen LogP contribution in [0.25, 0.3) is 6.08 Å². The van der Waals surface area contributed by atoms with E-state index in [0.29, 0.717) is 28.3 Å². The van der Waals surface area contributed by atoms with Gasteiger partial charge < -0.3 is 14.8 Å². The van der Waals surface area contributed by atoms with Crippen molar-refractivity contribution in [1.82, 2.24) is 0 Å². The molecule has 3 rings (SSSR count). The molecule has 0 heterocycles. The van der Waals surface area contributed by atoms with Gasteiger partial charge in [-0.05, 0) is 48.9 Å². The lowest BCUT2D eigenvalue weighted by molar-refractivity contribution is -0.384. The third-order valence-electron chi connectivity index (χ3n) is 4.73. The van der Waals surface area contributed by atoms with Crippen molar-refractivity contribution in [2.24, 2.45) is 0 Å². The van der Waals surface area contributed by atoms with Gasteiger partial charge in [0.25, 0.3) is 11.6 Å². The number of benzene rings is 3. The molecule has 166 valence electrons. The summed E-state index contributed by atoms with van der Waals surface area (Å²) in [6.45, 7) is 2.05. The summed E-state index contributed by atoms with van der Waals surface area (Å²) in [6, 6.07) is 20.2. The number of para-hydroxylation sites is 1. The Balaban J connectivity index is 1.84. The summed E-state index contributed by atoms with van der Waals surface area (Å²) in [5.41, 5.74) is 2.69. The zero-order valence-corrected chi connectivity index (χ0v) is 18.1. The Hall–Kier alpha value is -4.64. The number of methoxy groups -OCH3 is 1. The SMILES string of the molecule is COc1cccc(C=C(C#N)C(=O)Nc2ccc(C)cc2)c1OCc1ccc([N+](=O)[O-])cc1. The maximum Gasteiger partial charge on any atom is 0.269 e. The first-order valence-corrected chi connectivity index (χ1v) is 9.94. The summed E-state index contributed by atoms with van der Waals surface area (Å²) in [6.07, 6.45) is 1.43. The van der Waals surface area contributed by atoms with Crippen LogP contribution in [-0.4, -0.2) is 17.9 Å². The molecule has 33 heavy (non-hydrogen) atoms. The maximum atomic E-state index is 12.6. The Morgan fingerprint density at radius 3 is 2.42 bits per heavy atom. The Morgan fingerprint density at radius 1 is 1.12 bits per heavy atom. The second-order valence-corrected chi connectivity index (χ2v) is 7.08. The van der Waals surface area contributed by atoms with E-state index in [4.69, 9.17) is 9.47 Å². The number of nitrogens with one attached hydrogen (secondary N) is 1. The molecule has 8 heteroatoms. The summed E-state index contributed by atoms with van der Waals surface area (Å²) in [5, 5.41) is 23.1. The van der Waals surface area contributed by atoms with Crippen molar-refractivity contribution in [2.45, 2.75) is 13.5 Å². The molecule has 0 radical (unpaired) electrons. The summed E-state index contributed by atoms with van der Waals surface area (Å²) in [4.78, 5) is 23.0. The van der Waals surface area contributed by atoms with Crippen LogP contribution in [0.4, 0.5) is 11.4 Å². The number of aryl methyl sites for hydroxylation is 1. The fourth-order valence-corrected chi connectivity index (χ4v) is 2.97. The monoisotopic (exact) mass is 443 g/mol. The van der Waals surface area contributed by atoms with E-state index in [0.717, 1.165) is 5.56 Å². The van der Waals surface area contributed by atoms with Crippen LogP contribution in [0.2, 0.25) is 0 Å². The number of rotatable bonds is 8. The van der Waals surface area contributed by atoms with E-state index in [1.807, 2.05) is 25.1 Å². The van der Waals surface area contributed by atoms with Crippen molar-refractivity contribution in [1.29, 1.82) is 5.26 Å². The number of nitrogens with zero attached hydrogens (tertiary/aromatic N) is 2. The van der Waals surface area contributed by atoms with Gasteiger partial charge in [-0.1, -0.05) is 29.8 Å². The van der Waals surface area contributed by atoms with Crippen molar-refractivity contribution in [3.8, 4) is 17.6 Å². The number of nitro groups is 1. The fraction of sp³-hybridized carbons (Fsp3) is 0.120. The minimum Gasteiger partial charge on any atom is -0.493 e. The molecule has 0 atom stereocenters. The number of hydrogen-bond acceptors (Lipinski definition) is 6. The van der Waals surface area contributed by atoms with Gasteiger partial charge in [-0.3, -0.25) is 14.9 Å². The standard InChI is InChI=1S/C25H21N3O5/c1-17-6-10-21(11-7-17)27-25(29)20(15-26)14-19-4-3-5-23(32-2)24(19)33-16-18-8-12-22(13-9-18)28(30)31/h3-14H,16H2,1-2H3,(H,27,29). The molecule has 0 unspecified atom stereocenters. The third kappa shape index (κ3) is 5.95. The quantitative estimate of drug-likeness (QED) is 0.226. The van der Waals surface area contributed by atoms with Crippen LogP contribution in [0, 0.1) is 28.4 Å². The molecule has 0 spiro atoms. The van der Waals surface area contributed by atoms with Crippen molar-refractivity contribution in [2.75, 3.05) is 12.4 Å². The smallest absolute Gasteiger partial charge is 0.269 e. The van der Waals surface area contributed by atoms with Crippen LogP contribution in [-0.2, 0) is 11.4 Å². The van der Waals surface area contributed by atoms with E-state index >= 15 is 0 Å². The van der Waals surface area contributed by atoms with E-state index in [9.17, 15) is 20.2 Å². The summed E-state index contributed by atoms with van der Waals surface area (Å²) >= 11 is 0. The predicted molar refractivity (Wildman–Crippen MR) is 124 cm³/mol. The third-order valence-corrected chi connectivity index (χ3v) is 4.73. The minimum atomic E-state index is -0.550. The van der Waals surface area contributed by atoms with Gasteiger partial charge in [-0.25, -0.2) is 0 Å². The molecular weight excluding hydrogens is 422 g/mol. The van der Waals surface area contributed by atoms with Crippen LogP contribution in [0.15, 0.2) is 72.3 Å². The number of nitriles is 1. The number of ether oxygens (including phenoxy) is 2. The molecular formula is C25H21N3O5.